The molecule has 1 aliphatic rings. The molecule has 104 valence electrons. The summed E-state index contributed by atoms with van der Waals surface area (Å²) in [6.45, 7) is 2.39. The van der Waals surface area contributed by atoms with Gasteiger partial charge in [-0.15, -0.1) is 0 Å². The van der Waals surface area contributed by atoms with Gasteiger partial charge in [-0.2, -0.15) is 5.10 Å². The van der Waals surface area contributed by atoms with Gasteiger partial charge in [0.2, 0.25) is 5.91 Å². The minimum Gasteiger partial charge on any atom is -0.480 e. The van der Waals surface area contributed by atoms with E-state index in [1.54, 1.807) is 10.9 Å². The third-order valence-electron chi connectivity index (χ3n) is 3.72. The number of rotatable bonds is 5. The highest BCUT2D eigenvalue weighted by Gasteiger charge is 2.42. The van der Waals surface area contributed by atoms with Crippen LogP contribution in [0.3, 0.4) is 0 Å². The second-order valence-corrected chi connectivity index (χ2v) is 5.09. The number of hydrogen-bond donors (Lipinski definition) is 2. The predicted octanol–water partition coefficient (Wildman–Crippen LogP) is 1.10. The fraction of sp³-hybridized carbons (Fsp3) is 0.615. The van der Waals surface area contributed by atoms with Crippen molar-refractivity contribution in [2.24, 2.45) is 0 Å². The van der Waals surface area contributed by atoms with Gasteiger partial charge in [-0.25, -0.2) is 4.79 Å². The SMILES string of the molecule is Cc1ccnn1CCC(=O)NC1(C(=O)O)CCCC1. The maximum atomic E-state index is 11.9. The van der Waals surface area contributed by atoms with Crippen molar-refractivity contribution in [2.75, 3.05) is 0 Å². The summed E-state index contributed by atoms with van der Waals surface area (Å²) in [7, 11) is 0. The third kappa shape index (κ3) is 2.94. The van der Waals surface area contributed by atoms with Gasteiger partial charge in [0.15, 0.2) is 0 Å². The molecule has 0 spiro atoms. The number of aryl methyl sites for hydroxylation is 2. The van der Waals surface area contributed by atoms with Crippen LogP contribution in [0.2, 0.25) is 0 Å². The van der Waals surface area contributed by atoms with Crippen LogP contribution >= 0.6 is 0 Å². The van der Waals surface area contributed by atoms with Crippen molar-refractivity contribution in [3.63, 3.8) is 0 Å². The number of amides is 1. The van der Waals surface area contributed by atoms with E-state index in [1.807, 2.05) is 13.0 Å². The Balaban J connectivity index is 1.90. The number of carboxylic acids is 1. The molecule has 1 heterocycles. The van der Waals surface area contributed by atoms with E-state index < -0.39 is 11.5 Å². The summed E-state index contributed by atoms with van der Waals surface area (Å²) in [6, 6.07) is 1.87. The van der Waals surface area contributed by atoms with Crippen LogP contribution in [0.25, 0.3) is 0 Å². The smallest absolute Gasteiger partial charge is 0.329 e. The molecule has 0 aromatic carbocycles. The molecular weight excluding hydrogens is 246 g/mol. The summed E-state index contributed by atoms with van der Waals surface area (Å²) in [5, 5.41) is 16.1. The van der Waals surface area contributed by atoms with E-state index in [0.29, 0.717) is 19.4 Å². The van der Waals surface area contributed by atoms with Crippen LogP contribution in [-0.4, -0.2) is 32.3 Å². The fourth-order valence-corrected chi connectivity index (χ4v) is 2.54. The molecule has 1 saturated carbocycles. The lowest BCUT2D eigenvalue weighted by Gasteiger charge is -2.25. The van der Waals surface area contributed by atoms with Crippen LogP contribution in [0.4, 0.5) is 0 Å². The molecule has 0 unspecified atom stereocenters. The van der Waals surface area contributed by atoms with E-state index in [1.165, 1.54) is 0 Å². The number of carbonyl (C=O) groups is 2. The first kappa shape index (κ1) is 13.6. The Morgan fingerprint density at radius 1 is 1.47 bits per heavy atom. The normalized spacial score (nSPS) is 17.3. The summed E-state index contributed by atoms with van der Waals surface area (Å²) in [5.41, 5.74) is -0.0578. The van der Waals surface area contributed by atoms with E-state index in [4.69, 9.17) is 0 Å². The highest BCUT2D eigenvalue weighted by molar-refractivity contribution is 5.87. The van der Waals surface area contributed by atoms with Crippen molar-refractivity contribution in [3.05, 3.63) is 18.0 Å². The number of hydrogen-bond acceptors (Lipinski definition) is 3. The van der Waals surface area contributed by atoms with Crippen LogP contribution in [0.5, 0.6) is 0 Å². The van der Waals surface area contributed by atoms with E-state index in [0.717, 1.165) is 18.5 Å². The predicted molar refractivity (Wildman–Crippen MR) is 68.6 cm³/mol. The molecule has 6 heteroatoms. The van der Waals surface area contributed by atoms with Gasteiger partial charge in [-0.1, -0.05) is 12.8 Å². The molecule has 1 aromatic rings. The Labute approximate surface area is 111 Å². The van der Waals surface area contributed by atoms with Gasteiger partial charge in [0, 0.05) is 24.9 Å². The summed E-state index contributed by atoms with van der Waals surface area (Å²) < 4.78 is 1.74. The number of carbonyl (C=O) groups excluding carboxylic acids is 1. The molecule has 2 N–H and O–H groups in total. The Morgan fingerprint density at radius 3 is 2.68 bits per heavy atom. The molecule has 0 radical (unpaired) electrons. The Hall–Kier alpha value is -1.85. The molecular formula is C13H19N3O3. The first-order chi connectivity index (χ1) is 9.03. The van der Waals surface area contributed by atoms with Gasteiger partial charge in [0.25, 0.3) is 0 Å². The Morgan fingerprint density at radius 2 is 2.16 bits per heavy atom. The van der Waals surface area contributed by atoms with Gasteiger partial charge < -0.3 is 10.4 Å². The average molecular weight is 265 g/mol. The molecule has 1 fully saturated rings. The topological polar surface area (TPSA) is 84.2 Å². The third-order valence-corrected chi connectivity index (χ3v) is 3.72. The van der Waals surface area contributed by atoms with Crippen molar-refractivity contribution < 1.29 is 14.7 Å². The van der Waals surface area contributed by atoms with Crippen molar-refractivity contribution >= 4 is 11.9 Å². The summed E-state index contributed by atoms with van der Waals surface area (Å²) in [5.74, 6) is -1.15. The van der Waals surface area contributed by atoms with Crippen molar-refractivity contribution in [3.8, 4) is 0 Å². The van der Waals surface area contributed by atoms with Gasteiger partial charge >= 0.3 is 5.97 Å². The molecule has 1 aliphatic carbocycles. The van der Waals surface area contributed by atoms with Gasteiger partial charge in [0.1, 0.15) is 5.54 Å². The monoisotopic (exact) mass is 265 g/mol. The molecule has 19 heavy (non-hydrogen) atoms. The number of nitrogens with zero attached hydrogens (tertiary/aromatic N) is 2. The molecule has 0 saturated heterocycles. The highest BCUT2D eigenvalue weighted by atomic mass is 16.4. The van der Waals surface area contributed by atoms with Gasteiger partial charge in [0.05, 0.1) is 0 Å². The Bertz CT molecular complexity index is 475. The lowest BCUT2D eigenvalue weighted by atomic mass is 9.97. The van der Waals surface area contributed by atoms with Crippen LogP contribution in [-0.2, 0) is 16.1 Å². The molecule has 6 nitrogen and oxygen atoms in total. The lowest BCUT2D eigenvalue weighted by Crippen LogP contribution is -2.52. The minimum absolute atomic E-state index is 0.223. The van der Waals surface area contributed by atoms with Crippen LogP contribution in [0, 0.1) is 6.92 Å². The maximum Gasteiger partial charge on any atom is 0.329 e. The largest absolute Gasteiger partial charge is 0.480 e. The highest BCUT2D eigenvalue weighted by Crippen LogP contribution is 2.29. The van der Waals surface area contributed by atoms with Crippen LogP contribution < -0.4 is 5.32 Å². The average Bonchev–Trinajstić information content (AvgIpc) is 2.97. The zero-order valence-corrected chi connectivity index (χ0v) is 11.1. The second kappa shape index (κ2) is 5.42. The number of aromatic nitrogens is 2. The molecule has 1 aromatic heterocycles. The maximum absolute atomic E-state index is 11.9. The van der Waals surface area contributed by atoms with E-state index in [2.05, 4.69) is 10.4 Å². The molecule has 0 aliphatic heterocycles. The van der Waals surface area contributed by atoms with Crippen molar-refractivity contribution in [1.82, 2.24) is 15.1 Å². The standard InChI is InChI=1S/C13H19N3O3/c1-10-4-8-14-16(10)9-5-11(17)15-13(12(18)19)6-2-3-7-13/h4,8H,2-3,5-7,9H2,1H3,(H,15,17)(H,18,19). The zero-order valence-electron chi connectivity index (χ0n) is 11.1. The summed E-state index contributed by atoms with van der Waals surface area (Å²) in [4.78, 5) is 23.2. The van der Waals surface area contributed by atoms with E-state index >= 15 is 0 Å². The number of aliphatic carboxylic acids is 1. The van der Waals surface area contributed by atoms with Gasteiger partial charge in [-0.3, -0.25) is 9.48 Å². The first-order valence-corrected chi connectivity index (χ1v) is 6.56. The zero-order chi connectivity index (χ0) is 13.9. The summed E-state index contributed by atoms with van der Waals surface area (Å²) in [6.07, 6.45) is 4.68. The Kier molecular flexibility index (Phi) is 3.87. The van der Waals surface area contributed by atoms with Crippen LogP contribution in [0.15, 0.2) is 12.3 Å². The fourth-order valence-electron chi connectivity index (χ4n) is 2.54. The second-order valence-electron chi connectivity index (χ2n) is 5.09. The molecule has 0 bridgehead atoms. The quantitative estimate of drug-likeness (QED) is 0.834. The lowest BCUT2D eigenvalue weighted by molar-refractivity contribution is -0.147. The molecule has 0 atom stereocenters. The van der Waals surface area contributed by atoms with E-state index in [-0.39, 0.29) is 12.3 Å². The minimum atomic E-state index is -1.05. The van der Waals surface area contributed by atoms with Gasteiger partial charge in [-0.05, 0) is 25.8 Å². The molecule has 2 rings (SSSR count). The molecule has 1 amide bonds. The van der Waals surface area contributed by atoms with Crippen molar-refractivity contribution in [2.45, 2.75) is 51.1 Å². The number of carboxylic acid groups (broad SMARTS) is 1. The van der Waals surface area contributed by atoms with Crippen molar-refractivity contribution in [1.29, 1.82) is 0 Å². The summed E-state index contributed by atoms with van der Waals surface area (Å²) >= 11 is 0. The first-order valence-electron chi connectivity index (χ1n) is 6.56. The van der Waals surface area contributed by atoms with E-state index in [9.17, 15) is 14.7 Å². The number of nitrogens with one attached hydrogen (secondary N) is 1. The van der Waals surface area contributed by atoms with Crippen LogP contribution in [0.1, 0.15) is 37.8 Å².